The zero-order valence-corrected chi connectivity index (χ0v) is 17.7. The first kappa shape index (κ1) is 21.6. The van der Waals surface area contributed by atoms with Gasteiger partial charge in [0.2, 0.25) is 5.91 Å². The van der Waals surface area contributed by atoms with Gasteiger partial charge in [-0.2, -0.15) is 0 Å². The molecular weight excluding hydrogens is 438 g/mol. The van der Waals surface area contributed by atoms with Gasteiger partial charge in [-0.05, 0) is 18.6 Å². The normalized spacial score (nSPS) is 11.6. The predicted molar refractivity (Wildman–Crippen MR) is 115 cm³/mol. The molecule has 0 aliphatic heterocycles. The number of rotatable bonds is 6. The van der Waals surface area contributed by atoms with Crippen LogP contribution in [-0.4, -0.2) is 34.6 Å². The van der Waals surface area contributed by atoms with Gasteiger partial charge >= 0.3 is 0 Å². The number of carbonyl (C=O) groups is 1. The number of halogens is 2. The van der Waals surface area contributed by atoms with Crippen molar-refractivity contribution in [3.63, 3.8) is 0 Å². The van der Waals surface area contributed by atoms with Crippen molar-refractivity contribution in [2.45, 2.75) is 18.4 Å². The van der Waals surface area contributed by atoms with Gasteiger partial charge in [0.25, 0.3) is 0 Å². The van der Waals surface area contributed by atoms with E-state index in [1.807, 2.05) is 31.2 Å². The SMILES string of the molecule is Cc1cccc(Cn2cc(S(=O)(=O)CC(=O)Nc3cncnc3)c3c(F)cc(F)cc32)c1. The smallest absolute Gasteiger partial charge is 0.240 e. The minimum absolute atomic E-state index is 0.0828. The fourth-order valence-corrected chi connectivity index (χ4v) is 4.86. The van der Waals surface area contributed by atoms with Crippen molar-refractivity contribution in [3.05, 3.63) is 84.1 Å². The number of hydrogen-bond donors (Lipinski definition) is 1. The van der Waals surface area contributed by atoms with Gasteiger partial charge in [-0.1, -0.05) is 29.8 Å². The second kappa shape index (κ2) is 8.46. The largest absolute Gasteiger partial charge is 0.342 e. The summed E-state index contributed by atoms with van der Waals surface area (Å²) in [7, 11) is -4.26. The summed E-state index contributed by atoms with van der Waals surface area (Å²) < 4.78 is 56.2. The number of carbonyl (C=O) groups excluding carboxylic acids is 1. The lowest BCUT2D eigenvalue weighted by atomic mass is 10.1. The fraction of sp³-hybridized carbons (Fsp3) is 0.136. The predicted octanol–water partition coefficient (Wildman–Crippen LogP) is 3.48. The second-order valence-corrected chi connectivity index (χ2v) is 9.28. The summed E-state index contributed by atoms with van der Waals surface area (Å²) in [6.45, 7) is 2.10. The summed E-state index contributed by atoms with van der Waals surface area (Å²) >= 11 is 0. The lowest BCUT2D eigenvalue weighted by Gasteiger charge is -2.06. The molecule has 164 valence electrons. The van der Waals surface area contributed by atoms with Gasteiger partial charge in [0.05, 0.1) is 33.9 Å². The molecule has 0 spiro atoms. The maximum absolute atomic E-state index is 14.7. The Morgan fingerprint density at radius 3 is 2.59 bits per heavy atom. The molecule has 1 N–H and O–H groups in total. The number of nitrogens with zero attached hydrogens (tertiary/aromatic N) is 3. The van der Waals surface area contributed by atoms with E-state index in [0.717, 1.165) is 17.2 Å². The maximum atomic E-state index is 14.7. The van der Waals surface area contributed by atoms with Gasteiger partial charge in [-0.3, -0.25) is 4.79 Å². The molecule has 2 heterocycles. The van der Waals surface area contributed by atoms with Crippen molar-refractivity contribution in [2.75, 3.05) is 11.1 Å². The third kappa shape index (κ3) is 4.50. The van der Waals surface area contributed by atoms with Gasteiger partial charge < -0.3 is 9.88 Å². The van der Waals surface area contributed by atoms with E-state index < -0.39 is 33.1 Å². The summed E-state index contributed by atoms with van der Waals surface area (Å²) in [5.41, 5.74) is 2.13. The summed E-state index contributed by atoms with van der Waals surface area (Å²) in [5, 5.41) is 2.13. The van der Waals surface area contributed by atoms with Crippen LogP contribution in [0.4, 0.5) is 14.5 Å². The molecule has 2 aromatic carbocycles. The lowest BCUT2D eigenvalue weighted by molar-refractivity contribution is -0.113. The summed E-state index contributed by atoms with van der Waals surface area (Å²) in [6.07, 6.45) is 5.13. The van der Waals surface area contributed by atoms with Gasteiger partial charge in [-0.15, -0.1) is 0 Å². The average Bonchev–Trinajstić information content (AvgIpc) is 3.08. The van der Waals surface area contributed by atoms with Crippen molar-refractivity contribution in [1.82, 2.24) is 14.5 Å². The van der Waals surface area contributed by atoms with E-state index in [-0.39, 0.29) is 28.0 Å². The van der Waals surface area contributed by atoms with Crippen LogP contribution in [0.3, 0.4) is 0 Å². The van der Waals surface area contributed by atoms with E-state index >= 15 is 0 Å². The number of hydrogen-bond acceptors (Lipinski definition) is 5. The Morgan fingerprint density at radius 1 is 1.12 bits per heavy atom. The summed E-state index contributed by atoms with van der Waals surface area (Å²) in [5.74, 6) is -3.60. The first-order valence-corrected chi connectivity index (χ1v) is 11.2. The molecule has 0 aliphatic rings. The second-order valence-electron chi connectivity index (χ2n) is 7.33. The summed E-state index contributed by atoms with van der Waals surface area (Å²) in [4.78, 5) is 19.4. The van der Waals surface area contributed by atoms with Crippen LogP contribution in [0.15, 0.2) is 66.2 Å². The zero-order valence-electron chi connectivity index (χ0n) is 16.9. The van der Waals surface area contributed by atoms with Gasteiger partial charge in [-0.25, -0.2) is 27.2 Å². The molecule has 32 heavy (non-hydrogen) atoms. The van der Waals surface area contributed by atoms with Crippen molar-refractivity contribution in [3.8, 4) is 0 Å². The van der Waals surface area contributed by atoms with Crippen LogP contribution < -0.4 is 5.32 Å². The Bertz CT molecular complexity index is 1420. The fourth-order valence-electron chi connectivity index (χ4n) is 3.49. The topological polar surface area (TPSA) is 94.0 Å². The first-order valence-electron chi connectivity index (χ1n) is 9.54. The standard InChI is InChI=1S/C22H18F2N4O3S/c1-14-3-2-4-15(5-14)10-28-11-20(22-18(24)6-16(23)7-19(22)28)32(30,31)12-21(29)27-17-8-25-13-26-9-17/h2-9,11,13H,10,12H2,1H3,(H,27,29). The van der Waals surface area contributed by atoms with E-state index in [0.29, 0.717) is 6.07 Å². The molecule has 0 saturated heterocycles. The molecular formula is C22H18F2N4O3S. The van der Waals surface area contributed by atoms with Crippen LogP contribution in [0.25, 0.3) is 10.9 Å². The van der Waals surface area contributed by atoms with E-state index in [2.05, 4.69) is 15.3 Å². The summed E-state index contributed by atoms with van der Waals surface area (Å²) in [6, 6.07) is 9.17. The third-order valence-corrected chi connectivity index (χ3v) is 6.42. The Labute approximate surface area is 182 Å². The molecule has 1 amide bonds. The molecule has 4 aromatic rings. The molecule has 0 saturated carbocycles. The average molecular weight is 456 g/mol. The molecule has 0 fully saturated rings. The van der Waals surface area contributed by atoms with E-state index in [9.17, 15) is 22.0 Å². The quantitative estimate of drug-likeness (QED) is 0.480. The van der Waals surface area contributed by atoms with Crippen molar-refractivity contribution in [2.24, 2.45) is 0 Å². The van der Waals surface area contributed by atoms with Crippen LogP contribution in [-0.2, 0) is 21.2 Å². The van der Waals surface area contributed by atoms with E-state index in [1.165, 1.54) is 29.5 Å². The van der Waals surface area contributed by atoms with E-state index in [4.69, 9.17) is 0 Å². The first-order chi connectivity index (χ1) is 15.2. The van der Waals surface area contributed by atoms with E-state index in [1.54, 1.807) is 0 Å². The zero-order chi connectivity index (χ0) is 22.9. The molecule has 0 radical (unpaired) electrons. The molecule has 0 bridgehead atoms. The third-order valence-electron chi connectivity index (χ3n) is 4.80. The van der Waals surface area contributed by atoms with Crippen molar-refractivity contribution >= 4 is 32.3 Å². The number of amides is 1. The van der Waals surface area contributed by atoms with Crippen molar-refractivity contribution < 1.29 is 22.0 Å². The maximum Gasteiger partial charge on any atom is 0.240 e. The number of fused-ring (bicyclic) bond motifs is 1. The molecule has 10 heteroatoms. The number of benzene rings is 2. The molecule has 0 aliphatic carbocycles. The minimum atomic E-state index is -4.26. The highest BCUT2D eigenvalue weighted by atomic mass is 32.2. The number of aromatic nitrogens is 3. The Hall–Kier alpha value is -3.66. The molecule has 4 rings (SSSR count). The van der Waals surface area contributed by atoms with Crippen LogP contribution in [0, 0.1) is 18.6 Å². The number of aryl methyl sites for hydroxylation is 1. The van der Waals surface area contributed by atoms with Crippen LogP contribution in [0.2, 0.25) is 0 Å². The Kier molecular flexibility index (Phi) is 5.70. The highest BCUT2D eigenvalue weighted by Crippen LogP contribution is 2.30. The van der Waals surface area contributed by atoms with Crippen LogP contribution in [0.5, 0.6) is 0 Å². The van der Waals surface area contributed by atoms with Crippen LogP contribution >= 0.6 is 0 Å². The lowest BCUT2D eigenvalue weighted by Crippen LogP contribution is -2.23. The monoisotopic (exact) mass is 456 g/mol. The number of nitrogens with one attached hydrogen (secondary N) is 1. The molecule has 0 atom stereocenters. The highest BCUT2D eigenvalue weighted by Gasteiger charge is 2.27. The van der Waals surface area contributed by atoms with Gasteiger partial charge in [0, 0.05) is 18.8 Å². The minimum Gasteiger partial charge on any atom is -0.342 e. The van der Waals surface area contributed by atoms with Crippen molar-refractivity contribution in [1.29, 1.82) is 0 Å². The van der Waals surface area contributed by atoms with Crippen LogP contribution in [0.1, 0.15) is 11.1 Å². The van der Waals surface area contributed by atoms with Gasteiger partial charge in [0.15, 0.2) is 9.84 Å². The molecule has 2 aromatic heterocycles. The number of anilines is 1. The molecule has 7 nitrogen and oxygen atoms in total. The van der Waals surface area contributed by atoms with Gasteiger partial charge in [0.1, 0.15) is 23.7 Å². The molecule has 0 unspecified atom stereocenters. The Morgan fingerprint density at radius 2 is 1.88 bits per heavy atom. The highest BCUT2D eigenvalue weighted by molar-refractivity contribution is 7.92. The number of sulfone groups is 1. The Balaban J connectivity index is 1.73.